The molecule has 2 aromatic heterocycles. The first kappa shape index (κ1) is 18.1. The lowest BCUT2D eigenvalue weighted by molar-refractivity contribution is -0.112. The Labute approximate surface area is 163 Å². The first-order valence-electron chi connectivity index (χ1n) is 7.32. The Bertz CT molecular complexity index is 1030. The molecule has 8 heteroatoms. The van der Waals surface area contributed by atoms with Crippen LogP contribution in [0.2, 0.25) is 10.0 Å². The fourth-order valence-corrected chi connectivity index (χ4v) is 3.24. The Morgan fingerprint density at radius 1 is 1.27 bits per heavy atom. The van der Waals surface area contributed by atoms with E-state index in [-0.39, 0.29) is 10.6 Å². The normalized spacial score (nSPS) is 11.0. The van der Waals surface area contributed by atoms with Crippen LogP contribution in [0.4, 0.5) is 5.69 Å². The number of carbonyl (C=O) groups is 1. The van der Waals surface area contributed by atoms with Crippen molar-refractivity contribution in [1.82, 2.24) is 9.97 Å². The number of nitriles is 1. The molecule has 128 valence electrons. The third-order valence-corrected chi connectivity index (χ3v) is 4.67. The highest BCUT2D eigenvalue weighted by Crippen LogP contribution is 2.26. The molecule has 0 atom stereocenters. The van der Waals surface area contributed by atoms with E-state index in [9.17, 15) is 10.1 Å². The molecule has 0 unspecified atom stereocenters. The molecule has 26 heavy (non-hydrogen) atoms. The average Bonchev–Trinajstić information content (AvgIpc) is 3.11. The number of nitrogens with one attached hydrogen (secondary N) is 1. The van der Waals surface area contributed by atoms with E-state index >= 15 is 0 Å². The minimum atomic E-state index is -0.580. The van der Waals surface area contributed by atoms with Gasteiger partial charge in [-0.15, -0.1) is 11.3 Å². The van der Waals surface area contributed by atoms with E-state index in [0.29, 0.717) is 21.4 Å². The van der Waals surface area contributed by atoms with Crippen LogP contribution in [0.3, 0.4) is 0 Å². The topological polar surface area (TPSA) is 78.7 Å². The van der Waals surface area contributed by atoms with E-state index in [0.717, 1.165) is 5.69 Å². The van der Waals surface area contributed by atoms with E-state index in [1.54, 1.807) is 23.7 Å². The molecule has 0 radical (unpaired) electrons. The molecule has 0 saturated heterocycles. The first-order chi connectivity index (χ1) is 12.6. The lowest BCUT2D eigenvalue weighted by Gasteiger charge is -2.06. The van der Waals surface area contributed by atoms with Crippen LogP contribution in [0, 0.1) is 11.3 Å². The Morgan fingerprint density at radius 3 is 2.81 bits per heavy atom. The predicted octanol–water partition coefficient (Wildman–Crippen LogP) is 5.06. The molecule has 5 nitrogen and oxygen atoms in total. The van der Waals surface area contributed by atoms with Gasteiger partial charge in [0.2, 0.25) is 0 Å². The molecule has 0 bridgehead atoms. The van der Waals surface area contributed by atoms with Crippen molar-refractivity contribution >= 4 is 52.2 Å². The van der Waals surface area contributed by atoms with E-state index in [1.165, 1.54) is 23.5 Å². The molecule has 1 amide bonds. The molecule has 0 aliphatic rings. The highest BCUT2D eigenvalue weighted by molar-refractivity contribution is 7.13. The van der Waals surface area contributed by atoms with Crippen molar-refractivity contribution in [3.05, 3.63) is 69.3 Å². The summed E-state index contributed by atoms with van der Waals surface area (Å²) in [6, 6.07) is 12.1. The van der Waals surface area contributed by atoms with Crippen LogP contribution in [0.5, 0.6) is 0 Å². The lowest BCUT2D eigenvalue weighted by atomic mass is 10.2. The van der Waals surface area contributed by atoms with Crippen molar-refractivity contribution in [3.63, 3.8) is 0 Å². The van der Waals surface area contributed by atoms with Crippen molar-refractivity contribution in [3.8, 4) is 16.8 Å². The van der Waals surface area contributed by atoms with E-state index in [1.807, 2.05) is 24.3 Å². The van der Waals surface area contributed by atoms with Gasteiger partial charge in [-0.2, -0.15) is 5.26 Å². The van der Waals surface area contributed by atoms with Crippen LogP contribution in [0.15, 0.2) is 53.5 Å². The summed E-state index contributed by atoms with van der Waals surface area (Å²) in [5.41, 5.74) is 1.51. The van der Waals surface area contributed by atoms with Gasteiger partial charge in [-0.05, 0) is 36.4 Å². The van der Waals surface area contributed by atoms with Crippen LogP contribution in [0.1, 0.15) is 5.69 Å². The van der Waals surface area contributed by atoms with Gasteiger partial charge in [0.25, 0.3) is 5.91 Å². The van der Waals surface area contributed by atoms with E-state index in [2.05, 4.69) is 15.3 Å². The van der Waals surface area contributed by atoms with Gasteiger partial charge in [-0.1, -0.05) is 29.3 Å². The third kappa shape index (κ3) is 4.27. The summed E-state index contributed by atoms with van der Waals surface area (Å²) < 4.78 is 0. The number of thiazole rings is 1. The molecule has 0 spiro atoms. The summed E-state index contributed by atoms with van der Waals surface area (Å²) in [6.07, 6.45) is 3.10. The summed E-state index contributed by atoms with van der Waals surface area (Å²) in [5, 5.41) is 15.1. The molecule has 3 aromatic rings. The van der Waals surface area contributed by atoms with Crippen molar-refractivity contribution in [1.29, 1.82) is 5.26 Å². The Balaban J connectivity index is 1.81. The van der Waals surface area contributed by atoms with Gasteiger partial charge in [0.1, 0.15) is 16.6 Å². The number of anilines is 1. The molecule has 0 aliphatic carbocycles. The zero-order valence-electron chi connectivity index (χ0n) is 13.1. The molecule has 1 N–H and O–H groups in total. The van der Waals surface area contributed by atoms with Gasteiger partial charge in [0, 0.05) is 16.6 Å². The van der Waals surface area contributed by atoms with Gasteiger partial charge in [0.05, 0.1) is 22.1 Å². The average molecular weight is 401 g/mol. The van der Waals surface area contributed by atoms with Crippen molar-refractivity contribution in [2.75, 3.05) is 5.32 Å². The van der Waals surface area contributed by atoms with Crippen molar-refractivity contribution in [2.24, 2.45) is 0 Å². The second-order valence-electron chi connectivity index (χ2n) is 5.04. The molecular weight excluding hydrogens is 391 g/mol. The number of amides is 1. The van der Waals surface area contributed by atoms with Gasteiger partial charge >= 0.3 is 0 Å². The number of rotatable bonds is 4. The van der Waals surface area contributed by atoms with Gasteiger partial charge in [0.15, 0.2) is 0 Å². The number of halogens is 2. The summed E-state index contributed by atoms with van der Waals surface area (Å²) in [6.45, 7) is 0. The van der Waals surface area contributed by atoms with E-state index < -0.39 is 5.91 Å². The van der Waals surface area contributed by atoms with Gasteiger partial charge in [-0.25, -0.2) is 4.98 Å². The molecule has 0 aliphatic heterocycles. The number of aromatic nitrogens is 2. The van der Waals surface area contributed by atoms with Crippen LogP contribution in [-0.2, 0) is 4.79 Å². The standard InChI is InChI=1S/C18H10Cl2N4OS/c19-12-4-5-15(14(20)8-12)24-17(25)11(9-21)7-13-10-26-18(23-13)16-3-1-2-6-22-16/h1-8,10H,(H,24,25). The zero-order chi connectivity index (χ0) is 18.5. The maximum atomic E-state index is 12.3. The highest BCUT2D eigenvalue weighted by Gasteiger charge is 2.13. The number of benzene rings is 1. The zero-order valence-corrected chi connectivity index (χ0v) is 15.4. The van der Waals surface area contributed by atoms with Crippen LogP contribution >= 0.6 is 34.5 Å². The summed E-state index contributed by atoms with van der Waals surface area (Å²) in [5.74, 6) is -0.580. The molecule has 1 aromatic carbocycles. The molecular formula is C18H10Cl2N4OS. The predicted molar refractivity (Wildman–Crippen MR) is 104 cm³/mol. The Hall–Kier alpha value is -2.72. The molecule has 2 heterocycles. The Morgan fingerprint density at radius 2 is 2.12 bits per heavy atom. The quantitative estimate of drug-likeness (QED) is 0.490. The molecule has 0 fully saturated rings. The van der Waals surface area contributed by atoms with Crippen molar-refractivity contribution in [2.45, 2.75) is 0 Å². The minimum Gasteiger partial charge on any atom is -0.320 e. The fourth-order valence-electron chi connectivity index (χ4n) is 2.04. The summed E-state index contributed by atoms with van der Waals surface area (Å²) in [4.78, 5) is 21.0. The first-order valence-corrected chi connectivity index (χ1v) is 8.95. The van der Waals surface area contributed by atoms with Crippen LogP contribution in [0.25, 0.3) is 16.8 Å². The number of pyridine rings is 1. The Kier molecular flexibility index (Phi) is 5.64. The smallest absolute Gasteiger partial charge is 0.266 e. The monoisotopic (exact) mass is 400 g/mol. The van der Waals surface area contributed by atoms with Gasteiger partial charge < -0.3 is 5.32 Å². The third-order valence-electron chi connectivity index (χ3n) is 3.24. The second kappa shape index (κ2) is 8.11. The lowest BCUT2D eigenvalue weighted by Crippen LogP contribution is -2.13. The SMILES string of the molecule is N#CC(=Cc1csc(-c2ccccn2)n1)C(=O)Nc1ccc(Cl)cc1Cl. The van der Waals surface area contributed by atoms with Gasteiger partial charge in [-0.3, -0.25) is 9.78 Å². The number of hydrogen-bond acceptors (Lipinski definition) is 5. The van der Waals surface area contributed by atoms with Crippen LogP contribution in [-0.4, -0.2) is 15.9 Å². The highest BCUT2D eigenvalue weighted by atomic mass is 35.5. The fraction of sp³-hybridized carbons (Fsp3) is 0. The molecule has 0 saturated carbocycles. The van der Waals surface area contributed by atoms with E-state index in [4.69, 9.17) is 23.2 Å². The second-order valence-corrected chi connectivity index (χ2v) is 6.74. The number of hydrogen-bond donors (Lipinski definition) is 1. The summed E-state index contributed by atoms with van der Waals surface area (Å²) >= 11 is 13.2. The minimum absolute atomic E-state index is 0.0890. The maximum Gasteiger partial charge on any atom is 0.266 e. The van der Waals surface area contributed by atoms with Crippen LogP contribution < -0.4 is 5.32 Å². The number of nitrogens with zero attached hydrogens (tertiary/aromatic N) is 3. The largest absolute Gasteiger partial charge is 0.320 e. The number of carbonyl (C=O) groups excluding carboxylic acids is 1. The maximum absolute atomic E-state index is 12.3. The van der Waals surface area contributed by atoms with Crippen molar-refractivity contribution < 1.29 is 4.79 Å². The summed E-state index contributed by atoms with van der Waals surface area (Å²) in [7, 11) is 0. The molecule has 3 rings (SSSR count).